The van der Waals surface area contributed by atoms with Crippen molar-refractivity contribution in [3.8, 4) is 0 Å². The molecular formula is C17H23N3O3S3. The molecule has 0 aromatic carbocycles. The first kappa shape index (κ1) is 19.5. The van der Waals surface area contributed by atoms with Crippen LogP contribution in [-0.2, 0) is 16.6 Å². The van der Waals surface area contributed by atoms with E-state index in [9.17, 15) is 13.2 Å². The summed E-state index contributed by atoms with van der Waals surface area (Å²) in [7, 11) is -3.62. The molecule has 0 saturated carbocycles. The van der Waals surface area contributed by atoms with Crippen LogP contribution in [0, 0.1) is 0 Å². The monoisotopic (exact) mass is 413 g/mol. The minimum Gasteiger partial charge on any atom is -0.346 e. The first-order valence-electron chi connectivity index (χ1n) is 8.69. The van der Waals surface area contributed by atoms with Gasteiger partial charge in [0.05, 0.1) is 17.2 Å². The van der Waals surface area contributed by atoms with Gasteiger partial charge < -0.3 is 5.32 Å². The molecule has 1 fully saturated rings. The summed E-state index contributed by atoms with van der Waals surface area (Å²) >= 11 is 2.73. The number of amides is 1. The number of aromatic nitrogens is 1. The van der Waals surface area contributed by atoms with E-state index in [4.69, 9.17) is 0 Å². The molecule has 2 aromatic heterocycles. The average Bonchev–Trinajstić information content (AvgIpc) is 3.30. The van der Waals surface area contributed by atoms with Crippen molar-refractivity contribution in [3.63, 3.8) is 0 Å². The summed E-state index contributed by atoms with van der Waals surface area (Å²) in [6, 6.07) is 1.53. The van der Waals surface area contributed by atoms with E-state index in [1.807, 2.05) is 5.38 Å². The third-order valence-corrected chi connectivity index (χ3v) is 8.44. The Hall–Kier alpha value is -1.29. The van der Waals surface area contributed by atoms with Crippen LogP contribution in [0.2, 0.25) is 0 Å². The normalized spacial score (nSPS) is 16.1. The standard InChI is InChI=1S/C17H23N3O3S3/c1-12(2)17-19-13(11-25-17)10-18-16(21)15-14(6-9-24-15)26(22,23)20-7-4-3-5-8-20/h6,9,11-12H,3-5,7-8,10H2,1-2H3,(H,18,21). The third kappa shape index (κ3) is 4.16. The molecule has 0 aliphatic carbocycles. The summed E-state index contributed by atoms with van der Waals surface area (Å²) in [4.78, 5) is 17.4. The summed E-state index contributed by atoms with van der Waals surface area (Å²) in [6.45, 7) is 5.49. The lowest BCUT2D eigenvalue weighted by atomic mass is 10.2. The van der Waals surface area contributed by atoms with Gasteiger partial charge in [-0.15, -0.1) is 22.7 Å². The lowest BCUT2D eigenvalue weighted by molar-refractivity contribution is 0.0951. The second kappa shape index (κ2) is 8.16. The van der Waals surface area contributed by atoms with Gasteiger partial charge in [-0.05, 0) is 24.3 Å². The molecule has 2 aromatic rings. The summed E-state index contributed by atoms with van der Waals surface area (Å²) in [6.07, 6.45) is 2.79. The molecule has 0 spiro atoms. The number of rotatable bonds is 6. The van der Waals surface area contributed by atoms with Crippen molar-refractivity contribution in [3.05, 3.63) is 32.4 Å². The van der Waals surface area contributed by atoms with Gasteiger partial charge in [-0.1, -0.05) is 20.3 Å². The maximum atomic E-state index is 12.9. The zero-order valence-corrected chi connectivity index (χ0v) is 17.3. The molecule has 0 atom stereocenters. The molecule has 9 heteroatoms. The van der Waals surface area contributed by atoms with Gasteiger partial charge in [-0.3, -0.25) is 4.79 Å². The number of thiophene rings is 1. The molecule has 3 rings (SSSR count). The highest BCUT2D eigenvalue weighted by Crippen LogP contribution is 2.27. The molecule has 1 aliphatic heterocycles. The van der Waals surface area contributed by atoms with Gasteiger partial charge in [0.2, 0.25) is 10.0 Å². The van der Waals surface area contributed by atoms with Gasteiger partial charge in [0.25, 0.3) is 5.91 Å². The number of nitrogens with one attached hydrogen (secondary N) is 1. The van der Waals surface area contributed by atoms with E-state index in [1.54, 1.807) is 16.7 Å². The van der Waals surface area contributed by atoms with Crippen LogP contribution in [0.25, 0.3) is 0 Å². The fourth-order valence-corrected chi connectivity index (χ4v) is 6.50. The van der Waals surface area contributed by atoms with Crippen LogP contribution in [-0.4, -0.2) is 36.7 Å². The molecule has 142 valence electrons. The van der Waals surface area contributed by atoms with Gasteiger partial charge in [0.1, 0.15) is 9.77 Å². The second-order valence-corrected chi connectivity index (χ2v) is 10.3. The van der Waals surface area contributed by atoms with E-state index in [1.165, 1.54) is 10.4 Å². The van der Waals surface area contributed by atoms with Crippen LogP contribution in [0.1, 0.15) is 59.4 Å². The predicted molar refractivity (Wildman–Crippen MR) is 104 cm³/mol. The molecule has 1 aliphatic rings. The van der Waals surface area contributed by atoms with E-state index < -0.39 is 10.0 Å². The van der Waals surface area contributed by atoms with Crippen LogP contribution < -0.4 is 5.32 Å². The average molecular weight is 414 g/mol. The molecule has 0 bridgehead atoms. The van der Waals surface area contributed by atoms with E-state index in [2.05, 4.69) is 24.1 Å². The van der Waals surface area contributed by atoms with Crippen molar-refractivity contribution >= 4 is 38.6 Å². The maximum absolute atomic E-state index is 12.9. The second-order valence-electron chi connectivity index (χ2n) is 6.59. The minimum atomic E-state index is -3.62. The Morgan fingerprint density at radius 3 is 2.65 bits per heavy atom. The van der Waals surface area contributed by atoms with Crippen molar-refractivity contribution in [2.24, 2.45) is 0 Å². The van der Waals surface area contributed by atoms with Crippen LogP contribution in [0.5, 0.6) is 0 Å². The Bertz CT molecular complexity index is 865. The van der Waals surface area contributed by atoms with E-state index in [0.29, 0.717) is 25.6 Å². The number of hydrogen-bond acceptors (Lipinski definition) is 6. The first-order chi connectivity index (χ1) is 12.4. The van der Waals surface area contributed by atoms with Crippen molar-refractivity contribution in [2.75, 3.05) is 13.1 Å². The Morgan fingerprint density at radius 1 is 1.27 bits per heavy atom. The molecule has 6 nitrogen and oxygen atoms in total. The Labute approximate surface area is 162 Å². The van der Waals surface area contributed by atoms with Gasteiger partial charge in [0.15, 0.2) is 0 Å². The number of sulfonamides is 1. The van der Waals surface area contributed by atoms with Crippen LogP contribution in [0.15, 0.2) is 21.7 Å². The minimum absolute atomic E-state index is 0.114. The molecule has 26 heavy (non-hydrogen) atoms. The summed E-state index contributed by atoms with van der Waals surface area (Å²) < 4.78 is 27.2. The maximum Gasteiger partial charge on any atom is 0.263 e. The molecular weight excluding hydrogens is 390 g/mol. The first-order valence-corrected chi connectivity index (χ1v) is 11.9. The molecule has 1 saturated heterocycles. The zero-order chi connectivity index (χ0) is 18.7. The van der Waals surface area contributed by atoms with E-state index >= 15 is 0 Å². The highest BCUT2D eigenvalue weighted by Gasteiger charge is 2.30. The highest BCUT2D eigenvalue weighted by molar-refractivity contribution is 7.89. The van der Waals surface area contributed by atoms with Crippen molar-refractivity contribution in [1.82, 2.24) is 14.6 Å². The number of nitrogens with zero attached hydrogens (tertiary/aromatic N) is 2. The molecule has 3 heterocycles. The lowest BCUT2D eigenvalue weighted by Crippen LogP contribution is -2.36. The number of carbonyl (C=O) groups is 1. The smallest absolute Gasteiger partial charge is 0.263 e. The third-order valence-electron chi connectivity index (χ3n) is 4.26. The number of carbonyl (C=O) groups excluding carboxylic acids is 1. The van der Waals surface area contributed by atoms with E-state index in [-0.39, 0.29) is 15.7 Å². The van der Waals surface area contributed by atoms with Crippen LogP contribution in [0.3, 0.4) is 0 Å². The molecule has 0 unspecified atom stereocenters. The van der Waals surface area contributed by atoms with E-state index in [0.717, 1.165) is 41.3 Å². The lowest BCUT2D eigenvalue weighted by Gasteiger charge is -2.25. The number of thiazole rings is 1. The van der Waals surface area contributed by atoms with Gasteiger partial charge in [0, 0.05) is 24.4 Å². The number of piperidine rings is 1. The topological polar surface area (TPSA) is 79.4 Å². The largest absolute Gasteiger partial charge is 0.346 e. The Kier molecular flexibility index (Phi) is 6.11. The molecule has 1 amide bonds. The quantitative estimate of drug-likeness (QED) is 0.787. The number of hydrogen-bond donors (Lipinski definition) is 1. The van der Waals surface area contributed by atoms with Gasteiger partial charge in [-0.25, -0.2) is 13.4 Å². The van der Waals surface area contributed by atoms with Gasteiger partial charge in [-0.2, -0.15) is 4.31 Å². The molecule has 1 N–H and O–H groups in total. The van der Waals surface area contributed by atoms with Crippen molar-refractivity contribution in [1.29, 1.82) is 0 Å². The Balaban J connectivity index is 1.71. The summed E-state index contributed by atoms with van der Waals surface area (Å²) in [5, 5.41) is 7.41. The highest BCUT2D eigenvalue weighted by atomic mass is 32.2. The van der Waals surface area contributed by atoms with Crippen molar-refractivity contribution in [2.45, 2.75) is 50.5 Å². The van der Waals surface area contributed by atoms with Gasteiger partial charge >= 0.3 is 0 Å². The predicted octanol–water partition coefficient (Wildman–Crippen LogP) is 3.43. The molecule has 0 radical (unpaired) electrons. The summed E-state index contributed by atoms with van der Waals surface area (Å²) in [5.41, 5.74) is 0.795. The SMILES string of the molecule is CC(C)c1nc(CNC(=O)c2sccc2S(=O)(=O)N2CCCCC2)cs1. The van der Waals surface area contributed by atoms with Crippen LogP contribution in [0.4, 0.5) is 0 Å². The Morgan fingerprint density at radius 2 is 2.00 bits per heavy atom. The van der Waals surface area contributed by atoms with Crippen LogP contribution >= 0.6 is 22.7 Å². The fraction of sp³-hybridized carbons (Fsp3) is 0.529. The van der Waals surface area contributed by atoms with Crippen molar-refractivity contribution < 1.29 is 13.2 Å². The zero-order valence-electron chi connectivity index (χ0n) is 14.9. The summed E-state index contributed by atoms with van der Waals surface area (Å²) in [5.74, 6) is -0.0160. The fourth-order valence-electron chi connectivity index (χ4n) is 2.83.